The number of carbonyl (C=O) groups is 2. The van der Waals surface area contributed by atoms with Gasteiger partial charge in [-0.3, -0.25) is 9.59 Å². The van der Waals surface area contributed by atoms with E-state index in [9.17, 15) is 9.59 Å². The summed E-state index contributed by atoms with van der Waals surface area (Å²) in [5.41, 5.74) is -0.164. The Balaban J connectivity index is 2.56. The lowest BCUT2D eigenvalue weighted by molar-refractivity contribution is -0.140. The Bertz CT molecular complexity index is 337. The molecule has 0 aromatic heterocycles. The fourth-order valence-corrected chi connectivity index (χ4v) is 2.92. The second kappa shape index (κ2) is 5.88. The molecule has 0 aromatic rings. The van der Waals surface area contributed by atoms with E-state index >= 15 is 0 Å². The molecule has 0 aromatic carbocycles. The van der Waals surface area contributed by atoms with Gasteiger partial charge in [0.25, 0.3) is 0 Å². The number of aliphatic hydroxyl groups is 1. The molecular weight excluding hydrogens is 246 g/mol. The Hall–Kier alpha value is -1.14. The van der Waals surface area contributed by atoms with Crippen LogP contribution in [0.25, 0.3) is 0 Å². The molecule has 6 heteroatoms. The number of hydrogen-bond acceptors (Lipinski definition) is 4. The van der Waals surface area contributed by atoms with E-state index in [4.69, 9.17) is 5.11 Å². The third kappa shape index (κ3) is 5.16. The molecule has 1 heterocycles. The molecule has 0 atom stereocenters. The van der Waals surface area contributed by atoms with Crippen molar-refractivity contribution in [1.29, 1.82) is 0 Å². The van der Waals surface area contributed by atoms with Crippen LogP contribution in [-0.4, -0.2) is 47.2 Å². The van der Waals surface area contributed by atoms with Crippen molar-refractivity contribution >= 4 is 11.8 Å². The first kappa shape index (κ1) is 15.9. The van der Waals surface area contributed by atoms with Gasteiger partial charge in [0.05, 0.1) is 6.61 Å². The van der Waals surface area contributed by atoms with E-state index < -0.39 is 11.8 Å². The predicted octanol–water partition coefficient (Wildman–Crippen LogP) is -0.480. The minimum absolute atomic E-state index is 0.0290. The maximum absolute atomic E-state index is 11.7. The summed E-state index contributed by atoms with van der Waals surface area (Å²) in [4.78, 5) is 23.2. The lowest BCUT2D eigenvalue weighted by Gasteiger charge is -2.46. The zero-order chi connectivity index (χ0) is 14.7. The Labute approximate surface area is 114 Å². The first-order valence-corrected chi connectivity index (χ1v) is 6.64. The summed E-state index contributed by atoms with van der Waals surface area (Å²) in [7, 11) is 0. The molecule has 1 aliphatic rings. The summed E-state index contributed by atoms with van der Waals surface area (Å²) in [5, 5.41) is 17.2. The van der Waals surface area contributed by atoms with Crippen molar-refractivity contribution < 1.29 is 14.7 Å². The van der Waals surface area contributed by atoms with Crippen molar-refractivity contribution in [2.24, 2.45) is 0 Å². The fourth-order valence-electron chi connectivity index (χ4n) is 2.92. The summed E-state index contributed by atoms with van der Waals surface area (Å²) in [6.45, 7) is 8.25. The van der Waals surface area contributed by atoms with Gasteiger partial charge >= 0.3 is 11.8 Å². The van der Waals surface area contributed by atoms with Gasteiger partial charge in [0.1, 0.15) is 0 Å². The van der Waals surface area contributed by atoms with Crippen LogP contribution in [0.2, 0.25) is 0 Å². The van der Waals surface area contributed by atoms with Crippen LogP contribution in [0.1, 0.15) is 40.5 Å². The van der Waals surface area contributed by atoms with Gasteiger partial charge in [-0.25, -0.2) is 0 Å². The first-order chi connectivity index (χ1) is 8.65. The quantitative estimate of drug-likeness (QED) is 0.522. The van der Waals surface area contributed by atoms with Gasteiger partial charge in [0, 0.05) is 23.7 Å². The summed E-state index contributed by atoms with van der Waals surface area (Å²) in [6, 6.07) is -0.0290. The topological polar surface area (TPSA) is 90.5 Å². The molecule has 2 amide bonds. The molecule has 0 spiro atoms. The largest absolute Gasteiger partial charge is 0.395 e. The normalized spacial score (nSPS) is 21.7. The van der Waals surface area contributed by atoms with Gasteiger partial charge in [-0.2, -0.15) is 0 Å². The van der Waals surface area contributed by atoms with Crippen molar-refractivity contribution in [2.45, 2.75) is 57.7 Å². The van der Waals surface area contributed by atoms with Gasteiger partial charge < -0.3 is 21.1 Å². The van der Waals surface area contributed by atoms with Crippen LogP contribution >= 0.6 is 0 Å². The predicted molar refractivity (Wildman–Crippen MR) is 72.6 cm³/mol. The zero-order valence-corrected chi connectivity index (χ0v) is 12.2. The molecule has 0 saturated carbocycles. The van der Waals surface area contributed by atoms with Gasteiger partial charge in [-0.1, -0.05) is 0 Å². The number of carbonyl (C=O) groups excluding carboxylic acids is 2. The molecule has 0 bridgehead atoms. The molecule has 0 radical (unpaired) electrons. The monoisotopic (exact) mass is 271 g/mol. The zero-order valence-electron chi connectivity index (χ0n) is 12.2. The van der Waals surface area contributed by atoms with E-state index in [1.165, 1.54) is 0 Å². The molecule has 4 N–H and O–H groups in total. The van der Waals surface area contributed by atoms with E-state index in [0.29, 0.717) is 0 Å². The average molecular weight is 271 g/mol. The number of hydrogen-bond donors (Lipinski definition) is 4. The first-order valence-electron chi connectivity index (χ1n) is 6.64. The van der Waals surface area contributed by atoms with Crippen LogP contribution in [-0.2, 0) is 9.59 Å². The standard InChI is InChI=1S/C13H25N3O3/c1-12(2)7-9(8-13(3,4)16-12)15-11(19)10(18)14-5-6-17/h9,16-17H,5-8H2,1-4H3,(H,14,18)(H,15,19). The minimum atomic E-state index is -0.691. The van der Waals surface area contributed by atoms with E-state index in [1.807, 2.05) is 0 Å². The molecule has 0 unspecified atom stereocenters. The highest BCUT2D eigenvalue weighted by Gasteiger charge is 2.38. The van der Waals surface area contributed by atoms with Crippen molar-refractivity contribution in [3.05, 3.63) is 0 Å². The Kier molecular flexibility index (Phi) is 4.92. The number of rotatable bonds is 3. The van der Waals surface area contributed by atoms with Crippen LogP contribution in [0.15, 0.2) is 0 Å². The highest BCUT2D eigenvalue weighted by molar-refractivity contribution is 6.35. The fraction of sp³-hybridized carbons (Fsp3) is 0.846. The number of amides is 2. The van der Waals surface area contributed by atoms with Crippen molar-refractivity contribution in [2.75, 3.05) is 13.2 Å². The van der Waals surface area contributed by atoms with Crippen molar-refractivity contribution in [3.8, 4) is 0 Å². The van der Waals surface area contributed by atoms with E-state index in [-0.39, 0.29) is 30.3 Å². The number of piperidine rings is 1. The number of aliphatic hydroxyl groups excluding tert-OH is 1. The van der Waals surface area contributed by atoms with E-state index in [1.54, 1.807) is 0 Å². The third-order valence-electron chi connectivity index (χ3n) is 3.13. The third-order valence-corrected chi connectivity index (χ3v) is 3.13. The maximum Gasteiger partial charge on any atom is 0.309 e. The van der Waals surface area contributed by atoms with Crippen LogP contribution in [0.4, 0.5) is 0 Å². The van der Waals surface area contributed by atoms with Crippen LogP contribution in [0.5, 0.6) is 0 Å². The molecule has 110 valence electrons. The summed E-state index contributed by atoms with van der Waals surface area (Å²) in [5.74, 6) is -1.32. The summed E-state index contributed by atoms with van der Waals surface area (Å²) >= 11 is 0. The van der Waals surface area contributed by atoms with Crippen molar-refractivity contribution in [3.63, 3.8) is 0 Å². The highest BCUT2D eigenvalue weighted by Crippen LogP contribution is 2.28. The molecule has 1 fully saturated rings. The molecule has 1 rings (SSSR count). The smallest absolute Gasteiger partial charge is 0.309 e. The molecule has 6 nitrogen and oxygen atoms in total. The summed E-state index contributed by atoms with van der Waals surface area (Å²) in [6.07, 6.45) is 1.55. The molecular formula is C13H25N3O3. The lowest BCUT2D eigenvalue weighted by atomic mass is 9.79. The van der Waals surface area contributed by atoms with Gasteiger partial charge in [0.15, 0.2) is 0 Å². The van der Waals surface area contributed by atoms with Gasteiger partial charge in [-0.05, 0) is 40.5 Å². The van der Waals surface area contributed by atoms with Gasteiger partial charge in [0.2, 0.25) is 0 Å². The molecule has 19 heavy (non-hydrogen) atoms. The van der Waals surface area contributed by atoms with E-state index in [0.717, 1.165) is 12.8 Å². The average Bonchev–Trinajstić information content (AvgIpc) is 2.20. The highest BCUT2D eigenvalue weighted by atomic mass is 16.3. The lowest BCUT2D eigenvalue weighted by Crippen LogP contribution is -2.62. The molecule has 0 aliphatic carbocycles. The SMILES string of the molecule is CC1(C)CC(NC(=O)C(=O)NCCO)CC(C)(C)N1. The van der Waals surface area contributed by atoms with Gasteiger partial charge in [-0.15, -0.1) is 0 Å². The second-order valence-electron chi connectivity index (χ2n) is 6.45. The van der Waals surface area contributed by atoms with Crippen LogP contribution in [0, 0.1) is 0 Å². The van der Waals surface area contributed by atoms with E-state index in [2.05, 4.69) is 43.6 Å². The van der Waals surface area contributed by atoms with Crippen molar-refractivity contribution in [1.82, 2.24) is 16.0 Å². The number of nitrogens with one attached hydrogen (secondary N) is 3. The Morgan fingerprint density at radius 1 is 1.16 bits per heavy atom. The molecule has 1 aliphatic heterocycles. The van der Waals surface area contributed by atoms with Crippen LogP contribution in [0.3, 0.4) is 0 Å². The summed E-state index contributed by atoms with van der Waals surface area (Å²) < 4.78 is 0. The molecule has 1 saturated heterocycles. The Morgan fingerprint density at radius 2 is 1.68 bits per heavy atom. The Morgan fingerprint density at radius 3 is 2.16 bits per heavy atom. The maximum atomic E-state index is 11.7. The minimum Gasteiger partial charge on any atom is -0.395 e. The second-order valence-corrected chi connectivity index (χ2v) is 6.45. The van der Waals surface area contributed by atoms with Crippen LogP contribution < -0.4 is 16.0 Å².